The third kappa shape index (κ3) is 7.04. The molecule has 8 heteroatoms. The summed E-state index contributed by atoms with van der Waals surface area (Å²) in [5.74, 6) is 0.620. The molecule has 2 N–H and O–H groups in total. The summed E-state index contributed by atoms with van der Waals surface area (Å²) < 4.78 is 24.5. The highest BCUT2D eigenvalue weighted by molar-refractivity contribution is 14.0. The summed E-state index contributed by atoms with van der Waals surface area (Å²) >= 11 is 0. The van der Waals surface area contributed by atoms with Crippen LogP contribution >= 0.6 is 24.0 Å². The fraction of sp³-hybridized carbons (Fsp3) is 0.650. The Labute approximate surface area is 185 Å². The highest BCUT2D eigenvalue weighted by Crippen LogP contribution is 2.21. The number of hydrogen-bond acceptors (Lipinski definition) is 4. The predicted octanol–water partition coefficient (Wildman–Crippen LogP) is 3.18. The van der Waals surface area contributed by atoms with Crippen molar-refractivity contribution in [1.82, 2.24) is 15.5 Å². The van der Waals surface area contributed by atoms with Gasteiger partial charge in [-0.3, -0.25) is 9.89 Å². The molecule has 1 aromatic rings. The Hall–Kier alpha value is -1.13. The Bertz CT molecular complexity index is 632. The first kappa shape index (κ1) is 24.9. The smallest absolute Gasteiger partial charge is 0.191 e. The Balaban J connectivity index is 0.00000392. The van der Waals surface area contributed by atoms with Gasteiger partial charge in [0.25, 0.3) is 0 Å². The molecule has 1 heterocycles. The van der Waals surface area contributed by atoms with E-state index in [4.69, 9.17) is 14.5 Å². The molecule has 0 aromatic heterocycles. The van der Waals surface area contributed by atoms with E-state index in [1.165, 1.54) is 13.2 Å². The molecule has 160 valence electrons. The number of rotatable bonds is 7. The molecule has 2 rings (SSSR count). The van der Waals surface area contributed by atoms with E-state index in [1.807, 2.05) is 19.9 Å². The van der Waals surface area contributed by atoms with Crippen LogP contribution in [0.1, 0.15) is 39.3 Å². The summed E-state index contributed by atoms with van der Waals surface area (Å²) in [4.78, 5) is 7.17. The number of halogens is 2. The van der Waals surface area contributed by atoms with Crippen molar-refractivity contribution in [2.75, 3.05) is 40.0 Å². The Kier molecular flexibility index (Phi) is 11.1. The zero-order valence-corrected chi connectivity index (χ0v) is 19.8. The number of benzene rings is 1. The van der Waals surface area contributed by atoms with Gasteiger partial charge in [0.2, 0.25) is 0 Å². The molecule has 1 aromatic carbocycles. The molecule has 0 aliphatic carbocycles. The maximum absolute atomic E-state index is 14.0. The Morgan fingerprint density at radius 1 is 1.43 bits per heavy atom. The lowest BCUT2D eigenvalue weighted by atomic mass is 10.1. The second kappa shape index (κ2) is 12.4. The molecule has 1 fully saturated rings. The van der Waals surface area contributed by atoms with Crippen LogP contribution < -0.4 is 15.4 Å². The average Bonchev–Trinajstić information content (AvgIpc) is 2.66. The van der Waals surface area contributed by atoms with Crippen LogP contribution in [0.2, 0.25) is 0 Å². The number of nitrogens with one attached hydrogen (secondary N) is 2. The van der Waals surface area contributed by atoms with Crippen molar-refractivity contribution in [1.29, 1.82) is 0 Å². The predicted molar refractivity (Wildman–Crippen MR) is 122 cm³/mol. The molecular formula is C20H34FIN4O2. The van der Waals surface area contributed by atoms with Crippen molar-refractivity contribution in [3.8, 4) is 5.75 Å². The molecule has 1 aliphatic rings. The SMILES string of the molecule is CCNC(=NCC(C)N1CCOCC1C)NC(C)c1ccc(OC)c(F)c1.I. The topological polar surface area (TPSA) is 58.1 Å². The molecule has 3 unspecified atom stereocenters. The number of guanidine groups is 1. The van der Waals surface area contributed by atoms with Crippen molar-refractivity contribution in [3.63, 3.8) is 0 Å². The Morgan fingerprint density at radius 2 is 2.18 bits per heavy atom. The van der Waals surface area contributed by atoms with Crippen LogP contribution in [-0.2, 0) is 4.74 Å². The molecule has 3 atom stereocenters. The zero-order valence-electron chi connectivity index (χ0n) is 17.5. The van der Waals surface area contributed by atoms with Gasteiger partial charge in [0, 0.05) is 25.2 Å². The minimum atomic E-state index is -0.361. The lowest BCUT2D eigenvalue weighted by Gasteiger charge is -2.37. The normalized spacial score (nSPS) is 20.1. The fourth-order valence-electron chi connectivity index (χ4n) is 3.28. The summed E-state index contributed by atoms with van der Waals surface area (Å²) in [7, 11) is 1.46. The summed E-state index contributed by atoms with van der Waals surface area (Å²) in [6.45, 7) is 12.3. The van der Waals surface area contributed by atoms with Crippen LogP contribution in [0.4, 0.5) is 4.39 Å². The molecule has 28 heavy (non-hydrogen) atoms. The number of hydrogen-bond donors (Lipinski definition) is 2. The van der Waals surface area contributed by atoms with E-state index in [2.05, 4.69) is 29.4 Å². The minimum absolute atomic E-state index is 0. The van der Waals surface area contributed by atoms with E-state index in [0.29, 0.717) is 18.6 Å². The monoisotopic (exact) mass is 508 g/mol. The molecule has 0 bridgehead atoms. The average molecular weight is 508 g/mol. The molecule has 0 spiro atoms. The number of nitrogens with zero attached hydrogens (tertiary/aromatic N) is 2. The van der Waals surface area contributed by atoms with E-state index >= 15 is 0 Å². The van der Waals surface area contributed by atoms with Crippen molar-refractivity contribution in [2.24, 2.45) is 4.99 Å². The summed E-state index contributed by atoms with van der Waals surface area (Å²) in [6.07, 6.45) is 0. The van der Waals surface area contributed by atoms with Gasteiger partial charge in [0.1, 0.15) is 0 Å². The van der Waals surface area contributed by atoms with Gasteiger partial charge >= 0.3 is 0 Å². The van der Waals surface area contributed by atoms with Crippen LogP contribution in [0, 0.1) is 5.82 Å². The van der Waals surface area contributed by atoms with Crippen LogP contribution in [0.5, 0.6) is 5.75 Å². The lowest BCUT2D eigenvalue weighted by Crippen LogP contribution is -2.49. The fourth-order valence-corrected chi connectivity index (χ4v) is 3.28. The quantitative estimate of drug-likeness (QED) is 0.337. The highest BCUT2D eigenvalue weighted by Gasteiger charge is 2.23. The van der Waals surface area contributed by atoms with Gasteiger partial charge in [-0.05, 0) is 45.4 Å². The first-order valence-corrected chi connectivity index (χ1v) is 9.68. The van der Waals surface area contributed by atoms with E-state index in [-0.39, 0.29) is 41.6 Å². The molecule has 1 saturated heterocycles. The van der Waals surface area contributed by atoms with Gasteiger partial charge in [-0.1, -0.05) is 6.07 Å². The molecular weight excluding hydrogens is 474 g/mol. The Morgan fingerprint density at radius 3 is 2.79 bits per heavy atom. The van der Waals surface area contributed by atoms with Crippen LogP contribution in [0.25, 0.3) is 0 Å². The van der Waals surface area contributed by atoms with Gasteiger partial charge in [0.05, 0.1) is 32.9 Å². The summed E-state index contributed by atoms with van der Waals surface area (Å²) in [5.41, 5.74) is 0.841. The molecule has 0 amide bonds. The van der Waals surface area contributed by atoms with E-state index in [1.54, 1.807) is 6.07 Å². The van der Waals surface area contributed by atoms with Gasteiger partial charge < -0.3 is 20.1 Å². The van der Waals surface area contributed by atoms with Gasteiger partial charge in [0.15, 0.2) is 17.5 Å². The minimum Gasteiger partial charge on any atom is -0.494 e. The zero-order chi connectivity index (χ0) is 19.8. The third-order valence-corrected chi connectivity index (χ3v) is 4.87. The number of ether oxygens (including phenoxy) is 2. The van der Waals surface area contributed by atoms with E-state index in [9.17, 15) is 4.39 Å². The maximum Gasteiger partial charge on any atom is 0.191 e. The largest absolute Gasteiger partial charge is 0.494 e. The lowest BCUT2D eigenvalue weighted by molar-refractivity contribution is -0.0165. The van der Waals surface area contributed by atoms with Crippen molar-refractivity contribution < 1.29 is 13.9 Å². The number of aliphatic imine (C=N–C) groups is 1. The second-order valence-electron chi connectivity index (χ2n) is 6.99. The van der Waals surface area contributed by atoms with E-state index < -0.39 is 0 Å². The summed E-state index contributed by atoms with van der Waals surface area (Å²) in [6, 6.07) is 5.66. The van der Waals surface area contributed by atoms with Gasteiger partial charge in [-0.25, -0.2) is 4.39 Å². The molecule has 0 saturated carbocycles. The number of morpholine rings is 1. The van der Waals surface area contributed by atoms with Crippen LogP contribution in [-0.4, -0.2) is 62.9 Å². The van der Waals surface area contributed by atoms with Crippen LogP contribution in [0.15, 0.2) is 23.2 Å². The van der Waals surface area contributed by atoms with Crippen molar-refractivity contribution in [3.05, 3.63) is 29.6 Å². The molecule has 0 radical (unpaired) electrons. The number of methoxy groups -OCH3 is 1. The van der Waals surface area contributed by atoms with Gasteiger partial charge in [-0.2, -0.15) is 0 Å². The maximum atomic E-state index is 14.0. The van der Waals surface area contributed by atoms with Crippen molar-refractivity contribution in [2.45, 2.75) is 45.8 Å². The van der Waals surface area contributed by atoms with Crippen molar-refractivity contribution >= 4 is 29.9 Å². The van der Waals surface area contributed by atoms with Gasteiger partial charge in [-0.15, -0.1) is 24.0 Å². The second-order valence-corrected chi connectivity index (χ2v) is 6.99. The van der Waals surface area contributed by atoms with Crippen LogP contribution in [0.3, 0.4) is 0 Å². The first-order valence-electron chi connectivity index (χ1n) is 9.68. The third-order valence-electron chi connectivity index (χ3n) is 4.87. The molecule has 6 nitrogen and oxygen atoms in total. The molecule has 1 aliphatic heterocycles. The van der Waals surface area contributed by atoms with E-state index in [0.717, 1.165) is 37.8 Å². The standard InChI is InChI=1S/C20H33FN4O2.HI/c1-6-22-20(23-12-14(2)25-9-10-27-13-15(25)3)24-16(4)17-7-8-19(26-5)18(21)11-17;/h7-8,11,14-16H,6,9-10,12-13H2,1-5H3,(H2,22,23,24);1H. The first-order chi connectivity index (χ1) is 13.0. The highest BCUT2D eigenvalue weighted by atomic mass is 127. The summed E-state index contributed by atoms with van der Waals surface area (Å²) in [5, 5.41) is 6.62.